The van der Waals surface area contributed by atoms with Crippen LogP contribution in [0.5, 0.6) is 0 Å². The van der Waals surface area contributed by atoms with Gasteiger partial charge >= 0.3 is 0 Å². The van der Waals surface area contributed by atoms with Gasteiger partial charge in [-0.05, 0) is 20.0 Å². The SMILES string of the molecule is C[C@H](C[S@@](C)=O)N(C)C[C@@H](O)c1ccccc1F. The van der Waals surface area contributed by atoms with Crippen LogP contribution in [0.1, 0.15) is 18.6 Å². The van der Waals surface area contributed by atoms with Crippen molar-refractivity contribution >= 4 is 10.8 Å². The highest BCUT2D eigenvalue weighted by molar-refractivity contribution is 7.84. The van der Waals surface area contributed by atoms with Crippen LogP contribution >= 0.6 is 0 Å². The van der Waals surface area contributed by atoms with Gasteiger partial charge in [0.25, 0.3) is 0 Å². The first-order valence-corrected chi connectivity index (χ1v) is 7.57. The summed E-state index contributed by atoms with van der Waals surface area (Å²) in [6.45, 7) is 2.26. The minimum Gasteiger partial charge on any atom is -0.387 e. The van der Waals surface area contributed by atoms with E-state index in [9.17, 15) is 13.7 Å². The molecule has 0 radical (unpaired) electrons. The highest BCUT2D eigenvalue weighted by Crippen LogP contribution is 2.18. The summed E-state index contributed by atoms with van der Waals surface area (Å²) in [6.07, 6.45) is 0.779. The largest absolute Gasteiger partial charge is 0.387 e. The Bertz CT molecular complexity index is 414. The zero-order valence-corrected chi connectivity index (χ0v) is 11.8. The molecular formula is C13H20FNO2S. The molecule has 3 nitrogen and oxygen atoms in total. The molecule has 102 valence electrons. The molecule has 0 aromatic heterocycles. The first-order valence-electron chi connectivity index (χ1n) is 5.84. The van der Waals surface area contributed by atoms with Gasteiger partial charge in [0.1, 0.15) is 5.82 Å². The minimum atomic E-state index is -0.877. The number of likely N-dealkylation sites (N-methyl/N-ethyl adjacent to an activating group) is 1. The van der Waals surface area contributed by atoms with Crippen LogP contribution in [0.15, 0.2) is 24.3 Å². The average molecular weight is 273 g/mol. The standard InChI is InChI=1S/C13H20FNO2S/c1-10(9-18(3)17)15(2)8-13(16)11-6-4-5-7-12(11)14/h4-7,10,13,16H,8-9H2,1-3H3/t10-,13-,18-/m1/s1. The lowest BCUT2D eigenvalue weighted by molar-refractivity contribution is 0.110. The van der Waals surface area contributed by atoms with Gasteiger partial charge in [-0.1, -0.05) is 18.2 Å². The summed E-state index contributed by atoms with van der Waals surface area (Å²) >= 11 is 0. The van der Waals surface area contributed by atoms with Gasteiger partial charge in [0, 0.05) is 41.0 Å². The van der Waals surface area contributed by atoms with Crippen molar-refractivity contribution in [2.75, 3.05) is 25.6 Å². The van der Waals surface area contributed by atoms with E-state index in [1.165, 1.54) is 6.07 Å². The summed E-state index contributed by atoms with van der Waals surface area (Å²) in [6, 6.07) is 6.29. The second-order valence-electron chi connectivity index (χ2n) is 4.57. The minimum absolute atomic E-state index is 0.0808. The van der Waals surface area contributed by atoms with Crippen LogP contribution in [0, 0.1) is 5.82 Å². The molecule has 0 unspecified atom stereocenters. The van der Waals surface area contributed by atoms with E-state index in [4.69, 9.17) is 0 Å². The van der Waals surface area contributed by atoms with E-state index in [1.807, 2.05) is 18.9 Å². The van der Waals surface area contributed by atoms with Crippen LogP contribution in [0.25, 0.3) is 0 Å². The number of nitrogens with zero attached hydrogens (tertiary/aromatic N) is 1. The van der Waals surface area contributed by atoms with E-state index < -0.39 is 22.7 Å². The zero-order valence-electron chi connectivity index (χ0n) is 11.0. The molecular weight excluding hydrogens is 253 g/mol. The summed E-state index contributed by atoms with van der Waals surface area (Å²) in [5, 5.41) is 10.00. The number of rotatable bonds is 6. The van der Waals surface area contributed by atoms with E-state index in [1.54, 1.807) is 24.5 Å². The third-order valence-corrected chi connectivity index (χ3v) is 3.91. The summed E-state index contributed by atoms with van der Waals surface area (Å²) < 4.78 is 24.6. The van der Waals surface area contributed by atoms with Crippen molar-refractivity contribution in [1.29, 1.82) is 0 Å². The third-order valence-electron chi connectivity index (χ3n) is 2.95. The molecule has 1 N–H and O–H groups in total. The van der Waals surface area contributed by atoms with Crippen molar-refractivity contribution in [3.63, 3.8) is 0 Å². The van der Waals surface area contributed by atoms with Crippen molar-refractivity contribution in [2.45, 2.75) is 19.1 Å². The van der Waals surface area contributed by atoms with E-state index >= 15 is 0 Å². The third kappa shape index (κ3) is 4.48. The monoisotopic (exact) mass is 273 g/mol. The number of aliphatic hydroxyl groups is 1. The Morgan fingerprint density at radius 1 is 1.44 bits per heavy atom. The molecule has 0 aliphatic heterocycles. The molecule has 0 saturated heterocycles. The van der Waals surface area contributed by atoms with Crippen LogP contribution in [0.3, 0.4) is 0 Å². The fourth-order valence-electron chi connectivity index (χ4n) is 1.76. The van der Waals surface area contributed by atoms with Crippen molar-refractivity contribution in [1.82, 2.24) is 4.90 Å². The van der Waals surface area contributed by atoms with Gasteiger partial charge in [-0.2, -0.15) is 0 Å². The zero-order chi connectivity index (χ0) is 13.7. The van der Waals surface area contributed by atoms with Gasteiger partial charge < -0.3 is 5.11 Å². The number of hydrogen-bond donors (Lipinski definition) is 1. The average Bonchev–Trinajstić information content (AvgIpc) is 2.28. The molecule has 1 aromatic carbocycles. The molecule has 5 heteroatoms. The summed E-state index contributed by atoms with van der Waals surface area (Å²) in [5.41, 5.74) is 0.300. The fourth-order valence-corrected chi connectivity index (χ4v) is 2.70. The maximum absolute atomic E-state index is 13.5. The molecule has 0 saturated carbocycles. The molecule has 0 fully saturated rings. The van der Waals surface area contributed by atoms with Gasteiger partial charge in [0.05, 0.1) is 6.10 Å². The van der Waals surface area contributed by atoms with Crippen LogP contribution in [0.2, 0.25) is 0 Å². The summed E-state index contributed by atoms with van der Waals surface area (Å²) in [4.78, 5) is 1.89. The first-order chi connectivity index (χ1) is 8.41. The van der Waals surface area contributed by atoms with Crippen molar-refractivity contribution in [3.05, 3.63) is 35.6 Å². The van der Waals surface area contributed by atoms with Crippen molar-refractivity contribution in [2.24, 2.45) is 0 Å². The number of halogens is 1. The number of hydrogen-bond acceptors (Lipinski definition) is 3. The van der Waals surface area contributed by atoms with Crippen LogP contribution in [-0.4, -0.2) is 45.9 Å². The molecule has 0 amide bonds. The molecule has 0 aliphatic carbocycles. The lowest BCUT2D eigenvalue weighted by Gasteiger charge is -2.26. The molecule has 0 heterocycles. The molecule has 0 spiro atoms. The first kappa shape index (κ1) is 15.3. The molecule has 0 bridgehead atoms. The van der Waals surface area contributed by atoms with Gasteiger partial charge in [-0.15, -0.1) is 0 Å². The highest BCUT2D eigenvalue weighted by atomic mass is 32.2. The second-order valence-corrected chi connectivity index (χ2v) is 6.05. The maximum atomic E-state index is 13.5. The van der Waals surface area contributed by atoms with E-state index in [2.05, 4.69) is 0 Å². The van der Waals surface area contributed by atoms with Crippen LogP contribution in [0.4, 0.5) is 4.39 Å². The maximum Gasteiger partial charge on any atom is 0.129 e. The predicted molar refractivity (Wildman–Crippen MR) is 72.4 cm³/mol. The van der Waals surface area contributed by atoms with Gasteiger partial charge in [-0.25, -0.2) is 4.39 Å². The van der Waals surface area contributed by atoms with Gasteiger partial charge in [0.15, 0.2) is 0 Å². The second kappa shape index (κ2) is 6.97. The van der Waals surface area contributed by atoms with Gasteiger partial charge in [-0.3, -0.25) is 9.11 Å². The quantitative estimate of drug-likeness (QED) is 0.855. The molecule has 1 rings (SSSR count). The molecule has 18 heavy (non-hydrogen) atoms. The summed E-state index contributed by atoms with van der Waals surface area (Å²) in [5.74, 6) is 0.144. The molecule has 3 atom stereocenters. The Morgan fingerprint density at radius 3 is 2.61 bits per heavy atom. The molecule has 1 aromatic rings. The van der Waals surface area contributed by atoms with E-state index in [-0.39, 0.29) is 6.04 Å². The van der Waals surface area contributed by atoms with E-state index in [0.29, 0.717) is 17.9 Å². The van der Waals surface area contributed by atoms with Gasteiger partial charge in [0.2, 0.25) is 0 Å². The smallest absolute Gasteiger partial charge is 0.129 e. The normalized spacial score (nSPS) is 16.6. The highest BCUT2D eigenvalue weighted by Gasteiger charge is 2.18. The number of benzene rings is 1. The van der Waals surface area contributed by atoms with Crippen LogP contribution in [-0.2, 0) is 10.8 Å². The van der Waals surface area contributed by atoms with Crippen molar-refractivity contribution in [3.8, 4) is 0 Å². The van der Waals surface area contributed by atoms with Crippen LogP contribution < -0.4 is 0 Å². The Hall–Kier alpha value is -0.780. The fraction of sp³-hybridized carbons (Fsp3) is 0.538. The van der Waals surface area contributed by atoms with E-state index in [0.717, 1.165) is 0 Å². The van der Waals surface area contributed by atoms with Crippen molar-refractivity contribution < 1.29 is 13.7 Å². The Balaban J connectivity index is 2.62. The predicted octanol–water partition coefficient (Wildman–Crippen LogP) is 1.56. The topological polar surface area (TPSA) is 40.5 Å². The Morgan fingerprint density at radius 2 is 2.06 bits per heavy atom. The Kier molecular flexibility index (Phi) is 5.91. The molecule has 0 aliphatic rings. The summed E-state index contributed by atoms with van der Waals surface area (Å²) in [7, 11) is 0.958. The number of aliphatic hydroxyl groups excluding tert-OH is 1. The lowest BCUT2D eigenvalue weighted by Crippen LogP contribution is -2.36. The lowest BCUT2D eigenvalue weighted by atomic mass is 10.1. The Labute approximate surface area is 110 Å².